The molecule has 0 radical (unpaired) electrons. The Kier molecular flexibility index (Phi) is 3.02. The first-order chi connectivity index (χ1) is 10.3. The number of imidazole rings is 1. The van der Waals surface area contributed by atoms with Crippen molar-refractivity contribution in [2.75, 3.05) is 0 Å². The average molecular weight is 313 g/mol. The number of fused-ring (bicyclic) bond motifs is 2. The van der Waals surface area contributed by atoms with Crippen LogP contribution in [-0.2, 0) is 0 Å². The maximum Gasteiger partial charge on any atom is 0.172 e. The van der Waals surface area contributed by atoms with Crippen molar-refractivity contribution in [2.24, 2.45) is 0 Å². The lowest BCUT2D eigenvalue weighted by molar-refractivity contribution is 0.949. The second-order valence-corrected chi connectivity index (χ2v) is 5.84. The molecule has 0 amide bonds. The van der Waals surface area contributed by atoms with Crippen LogP contribution >= 0.6 is 23.4 Å². The molecule has 6 heteroatoms. The third kappa shape index (κ3) is 2.24. The summed E-state index contributed by atoms with van der Waals surface area (Å²) in [7, 11) is 0. The van der Waals surface area contributed by atoms with Gasteiger partial charge in [0.05, 0.1) is 11.0 Å². The first kappa shape index (κ1) is 12.6. The molecule has 0 aliphatic heterocycles. The van der Waals surface area contributed by atoms with Gasteiger partial charge in [0.2, 0.25) is 0 Å². The van der Waals surface area contributed by atoms with Crippen LogP contribution < -0.4 is 0 Å². The molecule has 0 saturated carbocycles. The fraction of sp³-hybridized carbons (Fsp3) is 0. The Morgan fingerprint density at radius 3 is 2.52 bits per heavy atom. The van der Waals surface area contributed by atoms with E-state index in [0.29, 0.717) is 5.15 Å². The molecular formula is C15H9ClN4S. The summed E-state index contributed by atoms with van der Waals surface area (Å²) >= 11 is 7.54. The number of H-pyrrole nitrogens is 1. The number of hydrogen-bond acceptors (Lipinski definition) is 4. The highest BCUT2D eigenvalue weighted by atomic mass is 35.5. The standard InChI is InChI=1S/C15H9ClN4S/c16-13-9-5-1-2-6-10(9)14(20-19-13)21-15-17-11-7-3-4-8-12(11)18-15/h1-8H,(H,17,18). The number of aromatic amines is 1. The lowest BCUT2D eigenvalue weighted by atomic mass is 10.2. The van der Waals surface area contributed by atoms with Crippen LogP contribution in [0, 0.1) is 0 Å². The number of nitrogens with zero attached hydrogens (tertiary/aromatic N) is 3. The molecule has 21 heavy (non-hydrogen) atoms. The van der Waals surface area contributed by atoms with Crippen LogP contribution in [0.2, 0.25) is 5.15 Å². The highest BCUT2D eigenvalue weighted by molar-refractivity contribution is 7.99. The molecule has 102 valence electrons. The van der Waals surface area contributed by atoms with Crippen molar-refractivity contribution in [1.29, 1.82) is 0 Å². The third-order valence-corrected chi connectivity index (χ3v) is 4.33. The van der Waals surface area contributed by atoms with Crippen molar-refractivity contribution >= 4 is 45.2 Å². The Bertz CT molecular complexity index is 918. The van der Waals surface area contributed by atoms with E-state index < -0.39 is 0 Å². The lowest BCUT2D eigenvalue weighted by Crippen LogP contribution is -1.90. The van der Waals surface area contributed by atoms with Gasteiger partial charge in [0.15, 0.2) is 10.3 Å². The molecule has 0 bridgehead atoms. The number of para-hydroxylation sites is 2. The zero-order valence-electron chi connectivity index (χ0n) is 10.7. The van der Waals surface area contributed by atoms with Crippen molar-refractivity contribution in [3.05, 3.63) is 53.7 Å². The van der Waals surface area contributed by atoms with Gasteiger partial charge in [0.25, 0.3) is 0 Å². The maximum absolute atomic E-state index is 6.09. The summed E-state index contributed by atoms with van der Waals surface area (Å²) < 4.78 is 0. The van der Waals surface area contributed by atoms with Crippen LogP contribution in [0.5, 0.6) is 0 Å². The number of rotatable bonds is 2. The Balaban J connectivity index is 1.82. The van der Waals surface area contributed by atoms with Gasteiger partial charge in [0.1, 0.15) is 5.03 Å². The van der Waals surface area contributed by atoms with Gasteiger partial charge in [-0.3, -0.25) is 0 Å². The molecule has 0 aliphatic carbocycles. The van der Waals surface area contributed by atoms with Crippen LogP contribution in [0.4, 0.5) is 0 Å². The fourth-order valence-corrected chi connectivity index (χ4v) is 3.25. The topological polar surface area (TPSA) is 54.5 Å². The Morgan fingerprint density at radius 2 is 1.67 bits per heavy atom. The number of hydrogen-bond donors (Lipinski definition) is 1. The van der Waals surface area contributed by atoms with Crippen LogP contribution in [0.1, 0.15) is 0 Å². The number of nitrogens with one attached hydrogen (secondary N) is 1. The maximum atomic E-state index is 6.09. The zero-order chi connectivity index (χ0) is 14.2. The minimum absolute atomic E-state index is 0.416. The van der Waals surface area contributed by atoms with Crippen molar-refractivity contribution in [2.45, 2.75) is 10.2 Å². The Morgan fingerprint density at radius 1 is 0.905 bits per heavy atom. The van der Waals surface area contributed by atoms with Crippen molar-refractivity contribution in [3.8, 4) is 0 Å². The molecule has 0 aliphatic rings. The van der Waals surface area contributed by atoms with Crippen molar-refractivity contribution in [1.82, 2.24) is 20.2 Å². The highest BCUT2D eigenvalue weighted by Gasteiger charge is 2.11. The van der Waals surface area contributed by atoms with Crippen molar-refractivity contribution in [3.63, 3.8) is 0 Å². The summed E-state index contributed by atoms with van der Waals surface area (Å²) in [5.74, 6) is 0. The third-order valence-electron chi connectivity index (χ3n) is 3.17. The molecule has 0 saturated heterocycles. The molecule has 0 spiro atoms. The predicted octanol–water partition coefficient (Wildman–Crippen LogP) is 4.31. The van der Waals surface area contributed by atoms with E-state index in [0.717, 1.165) is 32.0 Å². The zero-order valence-corrected chi connectivity index (χ0v) is 12.3. The number of benzene rings is 2. The average Bonchev–Trinajstić information content (AvgIpc) is 2.93. The molecule has 2 aromatic heterocycles. The minimum atomic E-state index is 0.416. The van der Waals surface area contributed by atoms with Crippen LogP contribution in [0.15, 0.2) is 58.7 Å². The molecule has 0 atom stereocenters. The minimum Gasteiger partial charge on any atom is -0.333 e. The monoisotopic (exact) mass is 312 g/mol. The van der Waals surface area contributed by atoms with Gasteiger partial charge in [-0.05, 0) is 23.9 Å². The Labute approximate surface area is 129 Å². The van der Waals surface area contributed by atoms with E-state index in [-0.39, 0.29) is 0 Å². The van der Waals surface area contributed by atoms with Gasteiger partial charge in [-0.15, -0.1) is 10.2 Å². The van der Waals surface area contributed by atoms with Crippen LogP contribution in [-0.4, -0.2) is 20.2 Å². The van der Waals surface area contributed by atoms with Crippen LogP contribution in [0.3, 0.4) is 0 Å². The van der Waals surface area contributed by atoms with Gasteiger partial charge in [-0.2, -0.15) is 0 Å². The van der Waals surface area contributed by atoms with Gasteiger partial charge < -0.3 is 4.98 Å². The first-order valence-electron chi connectivity index (χ1n) is 6.35. The molecule has 2 aromatic carbocycles. The second-order valence-electron chi connectivity index (χ2n) is 4.50. The highest BCUT2D eigenvalue weighted by Crippen LogP contribution is 2.32. The summed E-state index contributed by atoms with van der Waals surface area (Å²) in [4.78, 5) is 7.82. The molecule has 0 fully saturated rings. The molecule has 4 nitrogen and oxygen atoms in total. The summed E-state index contributed by atoms with van der Waals surface area (Å²) in [5, 5.41) is 12.1. The van der Waals surface area contributed by atoms with E-state index in [4.69, 9.17) is 11.6 Å². The smallest absolute Gasteiger partial charge is 0.172 e. The molecule has 4 rings (SSSR count). The van der Waals surface area contributed by atoms with Crippen molar-refractivity contribution < 1.29 is 0 Å². The molecule has 1 N–H and O–H groups in total. The molecule has 4 aromatic rings. The van der Waals surface area contributed by atoms with E-state index in [9.17, 15) is 0 Å². The molecular weight excluding hydrogens is 304 g/mol. The van der Waals surface area contributed by atoms with Crippen LogP contribution in [0.25, 0.3) is 21.8 Å². The van der Waals surface area contributed by atoms with E-state index >= 15 is 0 Å². The van der Waals surface area contributed by atoms with E-state index in [1.54, 1.807) is 0 Å². The fourth-order valence-electron chi connectivity index (χ4n) is 2.19. The van der Waals surface area contributed by atoms with E-state index in [1.807, 2.05) is 48.5 Å². The predicted molar refractivity (Wildman–Crippen MR) is 84.8 cm³/mol. The summed E-state index contributed by atoms with van der Waals surface area (Å²) in [5.41, 5.74) is 1.94. The van der Waals surface area contributed by atoms with Gasteiger partial charge in [-0.25, -0.2) is 4.98 Å². The van der Waals surface area contributed by atoms with E-state index in [1.165, 1.54) is 11.8 Å². The summed E-state index contributed by atoms with van der Waals surface area (Å²) in [6.45, 7) is 0. The number of aromatic nitrogens is 4. The summed E-state index contributed by atoms with van der Waals surface area (Å²) in [6, 6.07) is 15.7. The largest absolute Gasteiger partial charge is 0.333 e. The molecule has 2 heterocycles. The Hall–Kier alpha value is -2.11. The first-order valence-corrected chi connectivity index (χ1v) is 7.54. The second kappa shape index (κ2) is 5.02. The summed E-state index contributed by atoms with van der Waals surface area (Å²) in [6.07, 6.45) is 0. The normalized spacial score (nSPS) is 11.3. The number of halogens is 1. The van der Waals surface area contributed by atoms with Gasteiger partial charge >= 0.3 is 0 Å². The quantitative estimate of drug-likeness (QED) is 0.599. The van der Waals surface area contributed by atoms with Gasteiger partial charge in [0, 0.05) is 10.8 Å². The lowest BCUT2D eigenvalue weighted by Gasteiger charge is -2.03. The molecule has 0 unspecified atom stereocenters. The SMILES string of the molecule is Clc1nnc(Sc2nc3ccccc3[nH]2)c2ccccc12. The van der Waals surface area contributed by atoms with Gasteiger partial charge in [-0.1, -0.05) is 48.0 Å². The van der Waals surface area contributed by atoms with E-state index in [2.05, 4.69) is 20.2 Å².